The Morgan fingerprint density at radius 2 is 2.09 bits per heavy atom. The van der Waals surface area contributed by atoms with Gasteiger partial charge in [-0.15, -0.1) is 0 Å². The molecule has 1 atom stereocenters. The predicted molar refractivity (Wildman–Crippen MR) is 82.6 cm³/mol. The largest absolute Gasteiger partial charge is 0.402 e. The Kier molecular flexibility index (Phi) is 3.71. The minimum atomic E-state index is -0.580. The number of ether oxygens (including phenoxy) is 1. The number of rotatable bonds is 4. The third-order valence-corrected chi connectivity index (χ3v) is 4.29. The van der Waals surface area contributed by atoms with Gasteiger partial charge in [0.2, 0.25) is 11.9 Å². The quantitative estimate of drug-likeness (QED) is 0.770. The van der Waals surface area contributed by atoms with Crippen molar-refractivity contribution in [2.24, 2.45) is 4.99 Å². The summed E-state index contributed by atoms with van der Waals surface area (Å²) in [5.74, 6) is 0.936. The summed E-state index contributed by atoms with van der Waals surface area (Å²) >= 11 is 0. The molecule has 0 saturated carbocycles. The molecule has 1 saturated heterocycles. The number of aromatic nitrogens is 2. The van der Waals surface area contributed by atoms with Crippen LogP contribution < -0.4 is 4.57 Å². The van der Waals surface area contributed by atoms with Crippen LogP contribution in [-0.4, -0.2) is 59.4 Å². The van der Waals surface area contributed by atoms with Crippen molar-refractivity contribution in [1.29, 1.82) is 0 Å². The maximum Gasteiger partial charge on any atom is 0.402 e. The van der Waals surface area contributed by atoms with Gasteiger partial charge < -0.3 is 4.74 Å². The lowest BCUT2D eigenvalue weighted by Crippen LogP contribution is -2.63. The van der Waals surface area contributed by atoms with Gasteiger partial charge in [-0.05, 0) is 20.8 Å². The number of likely N-dealkylation sites (N-methyl/N-ethyl adjacent to an activating group) is 1. The molecule has 3 rings (SSSR count). The van der Waals surface area contributed by atoms with Crippen molar-refractivity contribution >= 4 is 23.7 Å². The number of methoxy groups -OCH3 is 1. The average Bonchev–Trinajstić information content (AvgIpc) is 2.99. The van der Waals surface area contributed by atoms with E-state index >= 15 is 0 Å². The van der Waals surface area contributed by atoms with Crippen LogP contribution in [0.3, 0.4) is 0 Å². The summed E-state index contributed by atoms with van der Waals surface area (Å²) in [6, 6.07) is -0.722. The Balaban J connectivity index is 2.06. The zero-order chi connectivity index (χ0) is 16.9. The maximum absolute atomic E-state index is 12.8. The van der Waals surface area contributed by atoms with Crippen LogP contribution in [-0.2, 0) is 9.53 Å². The van der Waals surface area contributed by atoms with Gasteiger partial charge in [0.1, 0.15) is 11.9 Å². The Bertz CT molecular complexity index is 706. The lowest BCUT2D eigenvalue weighted by molar-refractivity contribution is -0.677. The summed E-state index contributed by atoms with van der Waals surface area (Å²) in [5.41, 5.74) is 1.04. The highest BCUT2D eigenvalue weighted by molar-refractivity contribution is 6.19. The number of nitrogens with zero attached hydrogens (tertiary/aromatic N) is 5. The predicted octanol–water partition coefficient (Wildman–Crippen LogP) is 0.790. The summed E-state index contributed by atoms with van der Waals surface area (Å²) in [6.45, 7) is 6.68. The molecule has 0 bridgehead atoms. The van der Waals surface area contributed by atoms with E-state index in [-0.39, 0.29) is 24.5 Å². The van der Waals surface area contributed by atoms with Gasteiger partial charge in [-0.1, -0.05) is 4.99 Å². The van der Waals surface area contributed by atoms with Crippen molar-refractivity contribution in [3.8, 4) is 0 Å². The van der Waals surface area contributed by atoms with Gasteiger partial charge in [0.05, 0.1) is 19.2 Å². The lowest BCUT2D eigenvalue weighted by atomic mass is 10.1. The third kappa shape index (κ3) is 2.16. The highest BCUT2D eigenvalue weighted by atomic mass is 16.5. The summed E-state index contributed by atoms with van der Waals surface area (Å²) in [4.78, 5) is 32.5. The number of aliphatic imine (C=N–C) groups is 1. The van der Waals surface area contributed by atoms with E-state index in [4.69, 9.17) is 4.74 Å². The molecule has 8 nitrogen and oxygen atoms in total. The summed E-state index contributed by atoms with van der Waals surface area (Å²) in [5, 5.41) is 0. The fraction of sp³-hybridized carbons (Fsp3) is 0.600. The maximum atomic E-state index is 12.8. The first-order valence-electron chi connectivity index (χ1n) is 7.68. The first-order chi connectivity index (χ1) is 10.9. The van der Waals surface area contributed by atoms with Crippen molar-refractivity contribution < 1.29 is 18.9 Å². The van der Waals surface area contributed by atoms with Crippen molar-refractivity contribution in [3.05, 3.63) is 11.9 Å². The summed E-state index contributed by atoms with van der Waals surface area (Å²) in [6.07, 6.45) is 1.92. The lowest BCUT2D eigenvalue weighted by Gasteiger charge is -2.32. The minimum absolute atomic E-state index is 0.219. The number of hydrogen-bond donors (Lipinski definition) is 0. The second-order valence-corrected chi connectivity index (χ2v) is 6.14. The molecule has 1 unspecified atom stereocenters. The molecule has 0 aliphatic carbocycles. The number of fused-ring (bicyclic) bond motifs is 3. The van der Waals surface area contributed by atoms with E-state index in [1.54, 1.807) is 14.2 Å². The van der Waals surface area contributed by atoms with E-state index in [9.17, 15) is 9.59 Å². The Labute approximate surface area is 134 Å². The van der Waals surface area contributed by atoms with Crippen LogP contribution >= 0.6 is 0 Å². The highest BCUT2D eigenvalue weighted by Crippen LogP contribution is 2.30. The van der Waals surface area contributed by atoms with Crippen molar-refractivity contribution in [1.82, 2.24) is 14.4 Å². The number of urea groups is 1. The standard InChI is InChI=1S/C15H22N5O3/c1-9(2)20-10(3)8-19-11-12(16-14(19)20)17(4)15(22)18(13(11)21)6-7-23-5/h8-9,11H,6-7H2,1-5H3/q+1. The number of imidazole rings is 1. The van der Waals surface area contributed by atoms with Crippen LogP contribution in [0.25, 0.3) is 0 Å². The number of carbonyl (C=O) groups excluding carboxylic acids is 2. The van der Waals surface area contributed by atoms with Crippen LogP contribution in [0.1, 0.15) is 31.6 Å². The van der Waals surface area contributed by atoms with Crippen molar-refractivity contribution in [2.75, 3.05) is 27.3 Å². The molecule has 2 aliphatic rings. The van der Waals surface area contributed by atoms with Crippen LogP contribution in [0.4, 0.5) is 10.7 Å². The fourth-order valence-electron chi connectivity index (χ4n) is 3.23. The molecule has 2 aliphatic heterocycles. The molecule has 23 heavy (non-hydrogen) atoms. The molecule has 0 spiro atoms. The molecular formula is C15H22N5O3+. The Morgan fingerprint density at radius 1 is 1.39 bits per heavy atom. The Hall–Kier alpha value is -2.22. The normalized spacial score (nSPS) is 20.3. The first-order valence-corrected chi connectivity index (χ1v) is 7.68. The molecule has 8 heteroatoms. The second kappa shape index (κ2) is 5.45. The number of amides is 3. The van der Waals surface area contributed by atoms with E-state index in [2.05, 4.69) is 23.4 Å². The van der Waals surface area contributed by atoms with Gasteiger partial charge in [0.25, 0.3) is 5.91 Å². The smallest absolute Gasteiger partial charge is 0.383 e. The first kappa shape index (κ1) is 15.7. The summed E-state index contributed by atoms with van der Waals surface area (Å²) < 4.78 is 8.93. The molecule has 0 radical (unpaired) electrons. The zero-order valence-corrected chi connectivity index (χ0v) is 14.1. The van der Waals surface area contributed by atoms with E-state index in [1.807, 2.05) is 17.7 Å². The van der Waals surface area contributed by atoms with E-state index in [0.717, 1.165) is 5.69 Å². The molecule has 1 aromatic heterocycles. The SMILES string of the molecule is COCCN1C(=O)C2C(=Nc3n(C(C)C)c(C)c[n+]32)N(C)C1=O. The molecule has 0 aromatic carbocycles. The Morgan fingerprint density at radius 3 is 2.70 bits per heavy atom. The van der Waals surface area contributed by atoms with Gasteiger partial charge in [0, 0.05) is 14.2 Å². The van der Waals surface area contributed by atoms with Crippen LogP contribution in [0.5, 0.6) is 0 Å². The van der Waals surface area contributed by atoms with Gasteiger partial charge in [-0.3, -0.25) is 14.6 Å². The summed E-state index contributed by atoms with van der Waals surface area (Å²) in [7, 11) is 3.20. The van der Waals surface area contributed by atoms with Gasteiger partial charge in [-0.2, -0.15) is 0 Å². The van der Waals surface area contributed by atoms with Gasteiger partial charge >= 0.3 is 12.0 Å². The van der Waals surface area contributed by atoms with Crippen LogP contribution in [0, 0.1) is 6.92 Å². The van der Waals surface area contributed by atoms with Crippen molar-refractivity contribution in [3.63, 3.8) is 0 Å². The van der Waals surface area contributed by atoms with Crippen LogP contribution in [0.2, 0.25) is 0 Å². The average molecular weight is 320 g/mol. The minimum Gasteiger partial charge on any atom is -0.383 e. The van der Waals surface area contributed by atoms with Crippen molar-refractivity contribution in [2.45, 2.75) is 32.9 Å². The molecule has 1 fully saturated rings. The number of imide groups is 1. The van der Waals surface area contributed by atoms with E-state index in [1.165, 1.54) is 9.80 Å². The molecule has 3 heterocycles. The number of hydrogen-bond acceptors (Lipinski definition) is 4. The molecule has 0 N–H and O–H groups in total. The molecule has 1 aromatic rings. The number of amidine groups is 1. The van der Waals surface area contributed by atoms with E-state index < -0.39 is 6.04 Å². The topological polar surface area (TPSA) is 71.0 Å². The monoisotopic (exact) mass is 320 g/mol. The van der Waals surface area contributed by atoms with Gasteiger partial charge in [-0.25, -0.2) is 13.9 Å². The zero-order valence-electron chi connectivity index (χ0n) is 14.1. The molecular weight excluding hydrogens is 298 g/mol. The molecule has 124 valence electrons. The fourth-order valence-corrected chi connectivity index (χ4v) is 3.23. The third-order valence-electron chi connectivity index (χ3n) is 4.29. The molecule has 3 amide bonds. The number of carbonyl (C=O) groups is 2. The van der Waals surface area contributed by atoms with Crippen LogP contribution in [0.15, 0.2) is 11.2 Å². The van der Waals surface area contributed by atoms with E-state index in [0.29, 0.717) is 18.4 Å². The van der Waals surface area contributed by atoms with Gasteiger partial charge in [0.15, 0.2) is 0 Å². The highest BCUT2D eigenvalue weighted by Gasteiger charge is 2.53. The second-order valence-electron chi connectivity index (χ2n) is 6.14. The number of aryl methyl sites for hydroxylation is 1.